The number of halogens is 1. The van der Waals surface area contributed by atoms with Crippen LogP contribution in [0.4, 0.5) is 11.5 Å². The molecule has 3 N–H and O–H groups in total. The van der Waals surface area contributed by atoms with Crippen molar-refractivity contribution in [2.75, 3.05) is 43.1 Å². The number of hydrogen-bond donors (Lipinski definition) is 3. The second-order valence-electron chi connectivity index (χ2n) is 7.06. The largest absolute Gasteiger partial charge is 0.385 e. The van der Waals surface area contributed by atoms with Crippen molar-refractivity contribution in [2.45, 2.75) is 27.3 Å². The molecule has 1 aliphatic heterocycles. The quantitative estimate of drug-likeness (QED) is 0.671. The fraction of sp³-hybridized carbons (Fsp3) is 0.429. The number of rotatable bonds is 6. The number of aryl methyl sites for hydroxylation is 1. The van der Waals surface area contributed by atoms with Gasteiger partial charge in [-0.25, -0.2) is 0 Å². The molecule has 1 aromatic carbocycles. The first-order valence-corrected chi connectivity index (χ1v) is 10.2. The molecule has 1 amide bonds. The monoisotopic (exact) mass is 418 g/mol. The lowest BCUT2D eigenvalue weighted by Gasteiger charge is -2.28. The van der Waals surface area contributed by atoms with Crippen molar-refractivity contribution < 1.29 is 9.53 Å². The van der Waals surface area contributed by atoms with E-state index in [1.807, 2.05) is 20.8 Å². The molecule has 0 spiro atoms. The Morgan fingerprint density at radius 2 is 1.97 bits per heavy atom. The molecule has 0 aliphatic carbocycles. The van der Waals surface area contributed by atoms with Crippen LogP contribution >= 0.6 is 11.6 Å². The summed E-state index contributed by atoms with van der Waals surface area (Å²) in [5, 5.41) is 6.55. The molecule has 29 heavy (non-hydrogen) atoms. The molecule has 0 unspecified atom stereocenters. The summed E-state index contributed by atoms with van der Waals surface area (Å²) >= 11 is 6.17. The van der Waals surface area contributed by atoms with E-state index in [-0.39, 0.29) is 17.9 Å². The third kappa shape index (κ3) is 4.92. The molecule has 1 aromatic heterocycles. The zero-order chi connectivity index (χ0) is 21.0. The Morgan fingerprint density at radius 3 is 2.62 bits per heavy atom. The third-order valence-electron chi connectivity index (χ3n) is 5.10. The van der Waals surface area contributed by atoms with Gasteiger partial charge in [-0.3, -0.25) is 9.59 Å². The average Bonchev–Trinajstić information content (AvgIpc) is 2.70. The van der Waals surface area contributed by atoms with E-state index in [2.05, 4.69) is 20.5 Å². The van der Waals surface area contributed by atoms with Crippen molar-refractivity contribution in [1.29, 1.82) is 0 Å². The Morgan fingerprint density at radius 1 is 1.24 bits per heavy atom. The number of pyridine rings is 1. The van der Waals surface area contributed by atoms with E-state index in [1.54, 1.807) is 18.2 Å². The van der Waals surface area contributed by atoms with Crippen LogP contribution < -0.4 is 21.0 Å². The normalized spacial score (nSPS) is 14.0. The molecule has 8 heteroatoms. The van der Waals surface area contributed by atoms with Gasteiger partial charge in [-0.1, -0.05) is 11.6 Å². The summed E-state index contributed by atoms with van der Waals surface area (Å²) in [6, 6.07) is 5.04. The van der Waals surface area contributed by atoms with Gasteiger partial charge in [-0.2, -0.15) is 0 Å². The predicted octanol–water partition coefficient (Wildman–Crippen LogP) is 2.84. The third-order valence-corrected chi connectivity index (χ3v) is 5.31. The van der Waals surface area contributed by atoms with E-state index in [0.29, 0.717) is 29.4 Å². The molecule has 156 valence electrons. The van der Waals surface area contributed by atoms with E-state index in [4.69, 9.17) is 16.3 Å². The molecular formula is C21H27ClN4O3. The Kier molecular flexibility index (Phi) is 6.82. The number of benzene rings is 1. The number of nitrogens with one attached hydrogen (secondary N) is 3. The molecule has 0 bridgehead atoms. The van der Waals surface area contributed by atoms with Crippen LogP contribution in [0.15, 0.2) is 23.0 Å². The Bertz CT molecular complexity index is 952. The van der Waals surface area contributed by atoms with E-state index in [1.165, 1.54) is 0 Å². The summed E-state index contributed by atoms with van der Waals surface area (Å²) in [4.78, 5) is 30.8. The van der Waals surface area contributed by atoms with Gasteiger partial charge in [0.05, 0.1) is 13.2 Å². The zero-order valence-electron chi connectivity index (χ0n) is 17.0. The van der Waals surface area contributed by atoms with Gasteiger partial charge in [0, 0.05) is 59.8 Å². The van der Waals surface area contributed by atoms with Crippen LogP contribution in [0.2, 0.25) is 5.02 Å². The summed E-state index contributed by atoms with van der Waals surface area (Å²) in [5.41, 5.74) is 3.33. The lowest BCUT2D eigenvalue weighted by Crippen LogP contribution is -2.38. The number of hydrogen-bond acceptors (Lipinski definition) is 5. The highest BCUT2D eigenvalue weighted by atomic mass is 35.5. The topological polar surface area (TPSA) is 86.5 Å². The van der Waals surface area contributed by atoms with Crippen LogP contribution in [-0.4, -0.2) is 43.7 Å². The average molecular weight is 419 g/mol. The Hall–Kier alpha value is -2.51. The van der Waals surface area contributed by atoms with Crippen LogP contribution in [0.1, 0.15) is 34.1 Å². The fourth-order valence-corrected chi connectivity index (χ4v) is 3.67. The summed E-state index contributed by atoms with van der Waals surface area (Å²) in [6.07, 6.45) is 0. The van der Waals surface area contributed by atoms with E-state index in [9.17, 15) is 9.59 Å². The number of anilines is 2. The zero-order valence-corrected chi connectivity index (χ0v) is 17.8. The second-order valence-corrected chi connectivity index (χ2v) is 7.50. The highest BCUT2D eigenvalue weighted by molar-refractivity contribution is 6.31. The van der Waals surface area contributed by atoms with Crippen LogP contribution in [-0.2, 0) is 11.3 Å². The molecule has 0 radical (unpaired) electrons. The maximum Gasteiger partial charge on any atom is 0.251 e. The minimum Gasteiger partial charge on any atom is -0.385 e. The SMILES string of the molecule is CCNc1cc(Cl)cc(C(=O)NCc2c(C)[nH]c(N3CCOCC3)cc2=O)c1C. The molecule has 0 atom stereocenters. The van der Waals surface area contributed by atoms with Crippen molar-refractivity contribution in [3.05, 3.63) is 55.8 Å². The van der Waals surface area contributed by atoms with E-state index >= 15 is 0 Å². The highest BCUT2D eigenvalue weighted by Gasteiger charge is 2.17. The summed E-state index contributed by atoms with van der Waals surface area (Å²) in [6.45, 7) is 9.36. The van der Waals surface area contributed by atoms with Crippen molar-refractivity contribution >= 4 is 29.0 Å². The van der Waals surface area contributed by atoms with Crippen molar-refractivity contribution in [2.24, 2.45) is 0 Å². The van der Waals surface area contributed by atoms with Crippen molar-refractivity contribution in [3.8, 4) is 0 Å². The molecular weight excluding hydrogens is 392 g/mol. The second kappa shape index (κ2) is 9.33. The summed E-state index contributed by atoms with van der Waals surface area (Å²) in [7, 11) is 0. The first kappa shape index (κ1) is 21.2. The number of carbonyl (C=O) groups is 1. The summed E-state index contributed by atoms with van der Waals surface area (Å²) < 4.78 is 5.36. The number of carbonyl (C=O) groups excluding carboxylic acids is 1. The minimum absolute atomic E-state index is 0.0980. The number of ether oxygens (including phenoxy) is 1. The lowest BCUT2D eigenvalue weighted by atomic mass is 10.1. The number of nitrogens with zero attached hydrogens (tertiary/aromatic N) is 1. The van der Waals surface area contributed by atoms with Crippen molar-refractivity contribution in [1.82, 2.24) is 10.3 Å². The van der Waals surface area contributed by atoms with Gasteiger partial charge in [0.25, 0.3) is 5.91 Å². The van der Waals surface area contributed by atoms with Crippen molar-refractivity contribution in [3.63, 3.8) is 0 Å². The van der Waals surface area contributed by atoms with Gasteiger partial charge in [-0.05, 0) is 38.5 Å². The molecule has 7 nitrogen and oxygen atoms in total. The molecule has 1 aliphatic rings. The van der Waals surface area contributed by atoms with Crippen LogP contribution in [0, 0.1) is 13.8 Å². The first-order chi connectivity index (χ1) is 13.9. The van der Waals surface area contributed by atoms with E-state index in [0.717, 1.165) is 42.4 Å². The molecule has 1 saturated heterocycles. The molecule has 3 rings (SSSR count). The van der Waals surface area contributed by atoms with Gasteiger partial charge in [-0.15, -0.1) is 0 Å². The maximum absolute atomic E-state index is 12.8. The van der Waals surface area contributed by atoms with Crippen LogP contribution in [0.3, 0.4) is 0 Å². The minimum atomic E-state index is -0.264. The standard InChI is InChI=1S/C21H27ClN4O3/c1-4-23-18-10-15(22)9-16(13(18)2)21(28)24-12-17-14(3)25-20(11-19(17)27)26-5-7-29-8-6-26/h9-11,23H,4-8,12H2,1-3H3,(H,24,28)(H,25,27). The lowest BCUT2D eigenvalue weighted by molar-refractivity contribution is 0.0950. The van der Waals surface area contributed by atoms with Gasteiger partial charge in [0.1, 0.15) is 5.82 Å². The van der Waals surface area contributed by atoms with Gasteiger partial charge < -0.3 is 25.3 Å². The highest BCUT2D eigenvalue weighted by Crippen LogP contribution is 2.25. The molecule has 2 aromatic rings. The van der Waals surface area contributed by atoms with Gasteiger partial charge in [0.2, 0.25) is 0 Å². The number of morpholine rings is 1. The van der Waals surface area contributed by atoms with E-state index < -0.39 is 0 Å². The number of aromatic amines is 1. The van der Waals surface area contributed by atoms with Crippen LogP contribution in [0.5, 0.6) is 0 Å². The predicted molar refractivity (Wildman–Crippen MR) is 116 cm³/mol. The maximum atomic E-state index is 12.8. The smallest absolute Gasteiger partial charge is 0.251 e. The molecule has 1 fully saturated rings. The Labute approximate surface area is 175 Å². The fourth-order valence-electron chi connectivity index (χ4n) is 3.45. The number of aromatic nitrogens is 1. The van der Waals surface area contributed by atoms with Crippen LogP contribution in [0.25, 0.3) is 0 Å². The van der Waals surface area contributed by atoms with Gasteiger partial charge in [0.15, 0.2) is 5.43 Å². The summed E-state index contributed by atoms with van der Waals surface area (Å²) in [5.74, 6) is 0.520. The number of H-pyrrole nitrogens is 1. The van der Waals surface area contributed by atoms with Gasteiger partial charge >= 0.3 is 0 Å². The number of amides is 1. The molecule has 0 saturated carbocycles. The molecule has 2 heterocycles. The Balaban J connectivity index is 1.76. The first-order valence-electron chi connectivity index (χ1n) is 9.78.